The summed E-state index contributed by atoms with van der Waals surface area (Å²) in [6.07, 6.45) is -2.98. The van der Waals surface area contributed by atoms with Gasteiger partial charge >= 0.3 is 12.2 Å². The maximum atomic E-state index is 12.5. The zero-order valence-electron chi connectivity index (χ0n) is 14.2. The molecule has 1 aliphatic heterocycles. The molecule has 1 aliphatic rings. The number of carbonyl (C=O) groups is 1. The van der Waals surface area contributed by atoms with Gasteiger partial charge < -0.3 is 20.1 Å². The molecule has 144 valence electrons. The fourth-order valence-electron chi connectivity index (χ4n) is 2.61. The lowest BCUT2D eigenvalue weighted by Gasteiger charge is -2.29. The number of amides is 2. The zero-order valence-corrected chi connectivity index (χ0v) is 14.2. The van der Waals surface area contributed by atoms with E-state index in [9.17, 15) is 23.1 Å². The SMILES string of the molecule is O=C(Nc1ccc(Oc2ccc(C(F)(F)F)cn2)cc1)N1CCC(O)CC1. The van der Waals surface area contributed by atoms with Gasteiger partial charge in [0.05, 0.1) is 11.7 Å². The standard InChI is InChI=1S/C18H18F3N3O3/c19-18(20,21)12-1-6-16(22-11-12)27-15-4-2-13(3-5-15)23-17(26)24-9-7-14(25)8-10-24/h1-6,11,14,25H,7-10H2,(H,23,26). The molecule has 1 saturated heterocycles. The van der Waals surface area contributed by atoms with E-state index in [2.05, 4.69) is 10.3 Å². The highest BCUT2D eigenvalue weighted by Crippen LogP contribution is 2.30. The van der Waals surface area contributed by atoms with Gasteiger partial charge in [-0.1, -0.05) is 0 Å². The fraction of sp³-hybridized carbons (Fsp3) is 0.333. The highest BCUT2D eigenvalue weighted by Gasteiger charge is 2.30. The summed E-state index contributed by atoms with van der Waals surface area (Å²) in [5.41, 5.74) is -0.294. The van der Waals surface area contributed by atoms with Crippen molar-refractivity contribution in [1.29, 1.82) is 0 Å². The van der Waals surface area contributed by atoms with E-state index < -0.39 is 11.7 Å². The van der Waals surface area contributed by atoms with Crippen LogP contribution in [0.5, 0.6) is 11.6 Å². The Labute approximate surface area is 153 Å². The number of aliphatic hydroxyl groups excluding tert-OH is 1. The van der Waals surface area contributed by atoms with Crippen molar-refractivity contribution in [2.45, 2.75) is 25.1 Å². The summed E-state index contributed by atoms with van der Waals surface area (Å²) in [6, 6.07) is 8.19. The van der Waals surface area contributed by atoms with Gasteiger partial charge in [-0.3, -0.25) is 0 Å². The number of halogens is 3. The number of rotatable bonds is 3. The second kappa shape index (κ2) is 7.83. The lowest BCUT2D eigenvalue weighted by molar-refractivity contribution is -0.137. The van der Waals surface area contributed by atoms with Crippen LogP contribution in [0.25, 0.3) is 0 Å². The van der Waals surface area contributed by atoms with Crippen molar-refractivity contribution in [2.24, 2.45) is 0 Å². The largest absolute Gasteiger partial charge is 0.439 e. The fourth-order valence-corrected chi connectivity index (χ4v) is 2.61. The number of likely N-dealkylation sites (tertiary alicyclic amines) is 1. The van der Waals surface area contributed by atoms with E-state index in [0.29, 0.717) is 43.6 Å². The Balaban J connectivity index is 1.56. The number of benzene rings is 1. The molecule has 9 heteroatoms. The van der Waals surface area contributed by atoms with E-state index in [0.717, 1.165) is 12.1 Å². The molecule has 0 radical (unpaired) electrons. The Morgan fingerprint density at radius 2 is 1.81 bits per heavy atom. The first-order valence-electron chi connectivity index (χ1n) is 8.36. The average Bonchev–Trinajstić information content (AvgIpc) is 2.63. The van der Waals surface area contributed by atoms with Crippen molar-refractivity contribution in [3.8, 4) is 11.6 Å². The first-order chi connectivity index (χ1) is 12.8. The van der Waals surface area contributed by atoms with Gasteiger partial charge in [0.15, 0.2) is 0 Å². The Hall–Kier alpha value is -2.81. The Bertz CT molecular complexity index is 771. The number of pyridine rings is 1. The second-order valence-electron chi connectivity index (χ2n) is 6.16. The minimum Gasteiger partial charge on any atom is -0.439 e. The molecular formula is C18H18F3N3O3. The van der Waals surface area contributed by atoms with Crippen LogP contribution in [-0.2, 0) is 6.18 Å². The highest BCUT2D eigenvalue weighted by atomic mass is 19.4. The van der Waals surface area contributed by atoms with Crippen LogP contribution in [0.2, 0.25) is 0 Å². The molecule has 1 aromatic heterocycles. The van der Waals surface area contributed by atoms with Crippen LogP contribution in [0.15, 0.2) is 42.6 Å². The maximum absolute atomic E-state index is 12.5. The summed E-state index contributed by atoms with van der Waals surface area (Å²) >= 11 is 0. The number of carbonyl (C=O) groups excluding carboxylic acids is 1. The van der Waals surface area contributed by atoms with Crippen LogP contribution in [0.3, 0.4) is 0 Å². The predicted octanol–water partition coefficient (Wildman–Crippen LogP) is 3.88. The summed E-state index contributed by atoms with van der Waals surface area (Å²) in [4.78, 5) is 17.4. The van der Waals surface area contributed by atoms with Crippen molar-refractivity contribution >= 4 is 11.7 Å². The van der Waals surface area contributed by atoms with Crippen molar-refractivity contribution < 1.29 is 27.8 Å². The number of nitrogens with zero attached hydrogens (tertiary/aromatic N) is 2. The van der Waals surface area contributed by atoms with Gasteiger partial charge in [0.25, 0.3) is 0 Å². The number of piperidine rings is 1. The maximum Gasteiger partial charge on any atom is 0.417 e. The predicted molar refractivity (Wildman–Crippen MR) is 91.6 cm³/mol. The third kappa shape index (κ3) is 5.10. The third-order valence-electron chi connectivity index (χ3n) is 4.14. The van der Waals surface area contributed by atoms with E-state index in [1.807, 2.05) is 0 Å². The highest BCUT2D eigenvalue weighted by molar-refractivity contribution is 5.89. The Kier molecular flexibility index (Phi) is 5.50. The van der Waals surface area contributed by atoms with E-state index in [-0.39, 0.29) is 18.0 Å². The number of aromatic nitrogens is 1. The van der Waals surface area contributed by atoms with E-state index in [1.165, 1.54) is 0 Å². The molecule has 27 heavy (non-hydrogen) atoms. The van der Waals surface area contributed by atoms with Crippen LogP contribution in [0.1, 0.15) is 18.4 Å². The second-order valence-corrected chi connectivity index (χ2v) is 6.16. The van der Waals surface area contributed by atoms with Gasteiger partial charge in [-0.15, -0.1) is 0 Å². The van der Waals surface area contributed by atoms with E-state index in [4.69, 9.17) is 4.74 Å². The first kappa shape index (κ1) is 19.0. The topological polar surface area (TPSA) is 74.7 Å². The summed E-state index contributed by atoms with van der Waals surface area (Å²) in [6.45, 7) is 0.988. The van der Waals surface area contributed by atoms with E-state index >= 15 is 0 Å². The molecule has 0 saturated carbocycles. The van der Waals surface area contributed by atoms with Gasteiger partial charge in [0.1, 0.15) is 5.75 Å². The normalized spacial score (nSPS) is 15.5. The van der Waals surface area contributed by atoms with Gasteiger partial charge in [-0.05, 0) is 43.2 Å². The van der Waals surface area contributed by atoms with Gasteiger partial charge in [0, 0.05) is 31.0 Å². The van der Waals surface area contributed by atoms with Crippen LogP contribution in [0.4, 0.5) is 23.7 Å². The third-order valence-corrected chi connectivity index (χ3v) is 4.14. The Morgan fingerprint density at radius 1 is 1.15 bits per heavy atom. The minimum absolute atomic E-state index is 0.0339. The monoisotopic (exact) mass is 381 g/mol. The van der Waals surface area contributed by atoms with Crippen molar-refractivity contribution in [1.82, 2.24) is 9.88 Å². The molecule has 0 aliphatic carbocycles. The first-order valence-corrected chi connectivity index (χ1v) is 8.36. The molecule has 2 aromatic rings. The number of aliphatic hydroxyl groups is 1. The van der Waals surface area contributed by atoms with Crippen molar-refractivity contribution in [3.63, 3.8) is 0 Å². The van der Waals surface area contributed by atoms with Gasteiger partial charge in [-0.2, -0.15) is 13.2 Å². The number of alkyl halides is 3. The summed E-state index contributed by atoms with van der Waals surface area (Å²) in [7, 11) is 0. The molecule has 0 atom stereocenters. The summed E-state index contributed by atoms with van der Waals surface area (Å²) in [5.74, 6) is 0.410. The van der Waals surface area contributed by atoms with Crippen molar-refractivity contribution in [2.75, 3.05) is 18.4 Å². The molecule has 0 bridgehead atoms. The quantitative estimate of drug-likeness (QED) is 0.846. The smallest absolute Gasteiger partial charge is 0.417 e. The molecule has 2 amide bonds. The molecule has 3 rings (SSSR count). The number of hydrogen-bond donors (Lipinski definition) is 2. The van der Waals surface area contributed by atoms with Crippen LogP contribution in [-0.4, -0.2) is 40.2 Å². The summed E-state index contributed by atoms with van der Waals surface area (Å²) < 4.78 is 43.0. The minimum atomic E-state index is -4.45. The number of anilines is 1. The van der Waals surface area contributed by atoms with Gasteiger partial charge in [-0.25, -0.2) is 9.78 Å². The average molecular weight is 381 g/mol. The molecular weight excluding hydrogens is 363 g/mol. The van der Waals surface area contributed by atoms with Crippen molar-refractivity contribution in [3.05, 3.63) is 48.2 Å². The molecule has 1 fully saturated rings. The van der Waals surface area contributed by atoms with Crippen LogP contribution >= 0.6 is 0 Å². The zero-order chi connectivity index (χ0) is 19.4. The molecule has 0 unspecified atom stereocenters. The molecule has 2 N–H and O–H groups in total. The summed E-state index contributed by atoms with van der Waals surface area (Å²) in [5, 5.41) is 12.2. The molecule has 2 heterocycles. The number of ether oxygens (including phenoxy) is 1. The van der Waals surface area contributed by atoms with Crippen LogP contribution < -0.4 is 10.1 Å². The number of urea groups is 1. The Morgan fingerprint density at radius 3 is 2.37 bits per heavy atom. The lowest BCUT2D eigenvalue weighted by atomic mass is 10.1. The van der Waals surface area contributed by atoms with E-state index in [1.54, 1.807) is 29.2 Å². The molecule has 6 nitrogen and oxygen atoms in total. The molecule has 1 aromatic carbocycles. The van der Waals surface area contributed by atoms with Gasteiger partial charge in [0.2, 0.25) is 5.88 Å². The number of hydrogen-bond acceptors (Lipinski definition) is 4. The lowest BCUT2D eigenvalue weighted by Crippen LogP contribution is -2.42. The van der Waals surface area contributed by atoms with Crippen LogP contribution in [0, 0.1) is 0 Å². The number of nitrogens with one attached hydrogen (secondary N) is 1. The molecule has 0 spiro atoms.